The van der Waals surface area contributed by atoms with Crippen LogP contribution in [0.15, 0.2) is 12.1 Å². The number of aromatic nitrogens is 1. The Kier molecular flexibility index (Phi) is 2.71. The molecule has 3 nitrogen and oxygen atoms in total. The first-order valence-electron chi connectivity index (χ1n) is 3.60. The molecular weight excluding hydrogens is 216 g/mol. The molecule has 0 aliphatic carbocycles. The first-order chi connectivity index (χ1) is 6.35. The van der Waals surface area contributed by atoms with Crippen molar-refractivity contribution in [3.8, 4) is 0 Å². The standard InChI is InChI=1S/C8H6ClF2NO2/c1-4-2-3-5(6(9)12-4)8(10,11)7(13)14/h2-3H,1H3,(H,13,14). The van der Waals surface area contributed by atoms with Crippen molar-refractivity contribution < 1.29 is 18.7 Å². The van der Waals surface area contributed by atoms with Gasteiger partial charge >= 0.3 is 11.9 Å². The Morgan fingerprint density at radius 3 is 2.57 bits per heavy atom. The fraction of sp³-hybridized carbons (Fsp3) is 0.250. The highest BCUT2D eigenvalue weighted by Crippen LogP contribution is 2.32. The number of nitrogens with zero attached hydrogens (tertiary/aromatic N) is 1. The first-order valence-corrected chi connectivity index (χ1v) is 3.98. The molecule has 0 radical (unpaired) electrons. The molecule has 0 bridgehead atoms. The smallest absolute Gasteiger partial charge is 0.379 e. The van der Waals surface area contributed by atoms with Crippen molar-refractivity contribution >= 4 is 17.6 Å². The van der Waals surface area contributed by atoms with Gasteiger partial charge in [-0.1, -0.05) is 11.6 Å². The third kappa shape index (κ3) is 1.82. The lowest BCUT2D eigenvalue weighted by molar-refractivity contribution is -0.166. The topological polar surface area (TPSA) is 50.2 Å². The summed E-state index contributed by atoms with van der Waals surface area (Å²) in [5, 5.41) is 7.76. The molecule has 0 saturated heterocycles. The number of carboxylic acid groups (broad SMARTS) is 1. The van der Waals surface area contributed by atoms with E-state index in [0.29, 0.717) is 5.69 Å². The number of alkyl halides is 2. The maximum atomic E-state index is 12.9. The van der Waals surface area contributed by atoms with Crippen LogP contribution in [0.4, 0.5) is 8.78 Å². The lowest BCUT2D eigenvalue weighted by atomic mass is 10.1. The summed E-state index contributed by atoms with van der Waals surface area (Å²) >= 11 is 5.40. The number of carboxylic acids is 1. The van der Waals surface area contributed by atoms with E-state index < -0.39 is 22.6 Å². The van der Waals surface area contributed by atoms with E-state index in [4.69, 9.17) is 16.7 Å². The third-order valence-corrected chi connectivity index (χ3v) is 1.88. The van der Waals surface area contributed by atoms with Gasteiger partial charge in [0.05, 0.1) is 5.56 Å². The average Bonchev–Trinajstić information content (AvgIpc) is 2.02. The minimum Gasteiger partial charge on any atom is -0.477 e. The van der Waals surface area contributed by atoms with Crippen LogP contribution < -0.4 is 0 Å². The van der Waals surface area contributed by atoms with Gasteiger partial charge < -0.3 is 5.11 Å². The third-order valence-electron chi connectivity index (χ3n) is 1.59. The second kappa shape index (κ2) is 3.49. The monoisotopic (exact) mass is 221 g/mol. The van der Waals surface area contributed by atoms with Gasteiger partial charge in [0, 0.05) is 5.69 Å². The molecule has 1 rings (SSSR count). The number of pyridine rings is 1. The zero-order valence-electron chi connectivity index (χ0n) is 7.09. The van der Waals surface area contributed by atoms with Gasteiger partial charge in [0.25, 0.3) is 0 Å². The van der Waals surface area contributed by atoms with Crippen molar-refractivity contribution in [1.29, 1.82) is 0 Å². The number of hydrogen-bond donors (Lipinski definition) is 1. The Bertz CT molecular complexity index is 382. The molecule has 0 fully saturated rings. The molecule has 6 heteroatoms. The van der Waals surface area contributed by atoms with Crippen LogP contribution in [-0.4, -0.2) is 16.1 Å². The molecule has 76 valence electrons. The predicted molar refractivity (Wildman–Crippen MR) is 45.5 cm³/mol. The summed E-state index contributed by atoms with van der Waals surface area (Å²) < 4.78 is 25.9. The van der Waals surface area contributed by atoms with E-state index in [1.54, 1.807) is 6.92 Å². The van der Waals surface area contributed by atoms with Gasteiger partial charge in [-0.05, 0) is 19.1 Å². The second-order valence-corrected chi connectivity index (χ2v) is 3.03. The number of hydrogen-bond acceptors (Lipinski definition) is 2. The lowest BCUT2D eigenvalue weighted by Crippen LogP contribution is -2.26. The molecule has 1 heterocycles. The first kappa shape index (κ1) is 10.8. The average molecular weight is 222 g/mol. The molecule has 1 N–H and O–H groups in total. The van der Waals surface area contributed by atoms with Crippen LogP contribution >= 0.6 is 11.6 Å². The zero-order valence-corrected chi connectivity index (χ0v) is 7.85. The summed E-state index contributed by atoms with van der Waals surface area (Å²) in [7, 11) is 0. The normalized spacial score (nSPS) is 11.4. The molecule has 0 amide bonds. The largest absolute Gasteiger partial charge is 0.477 e. The molecule has 14 heavy (non-hydrogen) atoms. The molecule has 0 aliphatic heterocycles. The van der Waals surface area contributed by atoms with Crippen molar-refractivity contribution in [3.63, 3.8) is 0 Å². The van der Waals surface area contributed by atoms with E-state index in [1.165, 1.54) is 6.07 Å². The highest BCUT2D eigenvalue weighted by atomic mass is 35.5. The molecule has 0 saturated carbocycles. The SMILES string of the molecule is Cc1ccc(C(F)(F)C(=O)O)c(Cl)n1. The molecule has 0 spiro atoms. The highest BCUT2D eigenvalue weighted by molar-refractivity contribution is 6.30. The maximum Gasteiger partial charge on any atom is 0.379 e. The van der Waals surface area contributed by atoms with E-state index >= 15 is 0 Å². The Hall–Kier alpha value is -1.23. The lowest BCUT2D eigenvalue weighted by Gasteiger charge is -2.12. The molecule has 1 aromatic rings. The molecular formula is C8H6ClF2NO2. The van der Waals surface area contributed by atoms with Gasteiger partial charge in [0.1, 0.15) is 5.15 Å². The van der Waals surface area contributed by atoms with Gasteiger partial charge in [-0.25, -0.2) is 9.78 Å². The van der Waals surface area contributed by atoms with Gasteiger partial charge in [-0.3, -0.25) is 0 Å². The van der Waals surface area contributed by atoms with Crippen molar-refractivity contribution in [2.24, 2.45) is 0 Å². The van der Waals surface area contributed by atoms with E-state index in [9.17, 15) is 13.6 Å². The fourth-order valence-electron chi connectivity index (χ4n) is 0.874. The van der Waals surface area contributed by atoms with E-state index in [-0.39, 0.29) is 0 Å². The number of halogens is 3. The number of rotatable bonds is 2. The van der Waals surface area contributed by atoms with Crippen LogP contribution in [-0.2, 0) is 10.7 Å². The Morgan fingerprint density at radius 2 is 2.14 bits per heavy atom. The second-order valence-electron chi connectivity index (χ2n) is 2.67. The minimum atomic E-state index is -4.00. The van der Waals surface area contributed by atoms with Gasteiger partial charge in [-0.2, -0.15) is 8.78 Å². The number of carbonyl (C=O) groups is 1. The van der Waals surface area contributed by atoms with Crippen LogP contribution in [0.1, 0.15) is 11.3 Å². The predicted octanol–water partition coefficient (Wildman–Crippen LogP) is 2.22. The Balaban J connectivity index is 3.26. The minimum absolute atomic E-state index is 0.444. The zero-order chi connectivity index (χ0) is 10.9. The van der Waals surface area contributed by atoms with Gasteiger partial charge in [0.15, 0.2) is 0 Å². The Labute approximate surface area is 83.3 Å². The summed E-state index contributed by atoms with van der Waals surface area (Å²) in [5.74, 6) is -6.25. The summed E-state index contributed by atoms with van der Waals surface area (Å²) in [6, 6.07) is 2.23. The number of aryl methyl sites for hydroxylation is 1. The molecule has 0 aromatic carbocycles. The van der Waals surface area contributed by atoms with Crippen LogP contribution in [0, 0.1) is 6.92 Å². The van der Waals surface area contributed by atoms with Crippen molar-refractivity contribution in [1.82, 2.24) is 4.98 Å². The fourth-order valence-corrected chi connectivity index (χ4v) is 1.19. The highest BCUT2D eigenvalue weighted by Gasteiger charge is 2.43. The van der Waals surface area contributed by atoms with Crippen LogP contribution in [0.3, 0.4) is 0 Å². The van der Waals surface area contributed by atoms with E-state index in [1.807, 2.05) is 0 Å². The quantitative estimate of drug-likeness (QED) is 0.779. The molecule has 0 aliphatic rings. The summed E-state index contributed by atoms with van der Waals surface area (Å²) in [4.78, 5) is 13.8. The van der Waals surface area contributed by atoms with Crippen molar-refractivity contribution in [3.05, 3.63) is 28.5 Å². The molecule has 1 aromatic heterocycles. The van der Waals surface area contributed by atoms with Crippen LogP contribution in [0.25, 0.3) is 0 Å². The summed E-state index contributed by atoms with van der Waals surface area (Å²) in [6.07, 6.45) is 0. The Morgan fingerprint density at radius 1 is 1.57 bits per heavy atom. The van der Waals surface area contributed by atoms with Gasteiger partial charge in [-0.15, -0.1) is 0 Å². The molecule has 0 atom stereocenters. The molecule has 0 unspecified atom stereocenters. The number of aliphatic carboxylic acids is 1. The van der Waals surface area contributed by atoms with Crippen molar-refractivity contribution in [2.75, 3.05) is 0 Å². The summed E-state index contributed by atoms with van der Waals surface area (Å²) in [5.41, 5.74) is -0.350. The van der Waals surface area contributed by atoms with Crippen molar-refractivity contribution in [2.45, 2.75) is 12.8 Å². The van der Waals surface area contributed by atoms with Crippen LogP contribution in [0.2, 0.25) is 5.15 Å². The van der Waals surface area contributed by atoms with E-state index in [0.717, 1.165) is 6.07 Å². The maximum absolute atomic E-state index is 12.9. The van der Waals surface area contributed by atoms with E-state index in [2.05, 4.69) is 4.98 Å². The summed E-state index contributed by atoms with van der Waals surface area (Å²) in [6.45, 7) is 1.56. The van der Waals surface area contributed by atoms with Crippen LogP contribution in [0.5, 0.6) is 0 Å². The van der Waals surface area contributed by atoms with Gasteiger partial charge in [0.2, 0.25) is 0 Å².